The molecule has 15 nitrogen and oxygen atoms in total. The van der Waals surface area contributed by atoms with Crippen LogP contribution in [0.4, 0.5) is 11.8 Å². The smallest absolute Gasteiger partial charge is 0.317 e. The number of nitrogens with zero attached hydrogens (tertiary/aromatic N) is 7. The van der Waals surface area contributed by atoms with E-state index < -0.39 is 5.97 Å². The number of likely N-dealkylation sites (tertiary alicyclic amines) is 1. The van der Waals surface area contributed by atoms with Gasteiger partial charge in [-0.3, -0.25) is 9.59 Å². The first-order valence-corrected chi connectivity index (χ1v) is 17.7. The molecule has 1 aliphatic heterocycles. The summed E-state index contributed by atoms with van der Waals surface area (Å²) < 4.78 is 0. The Morgan fingerprint density at radius 3 is 2.50 bits per heavy atom. The maximum atomic E-state index is 12.6. The van der Waals surface area contributed by atoms with E-state index in [4.69, 9.17) is 15.1 Å². The molecule has 1 saturated heterocycles. The molecule has 5 rings (SSSR count). The Balaban J connectivity index is 1.02. The first kappa shape index (κ1) is 35.4. The molecule has 1 aromatic carbocycles. The van der Waals surface area contributed by atoms with Crippen molar-refractivity contribution in [2.75, 3.05) is 56.4 Å². The highest BCUT2D eigenvalue weighted by Gasteiger charge is 2.23. The number of benzene rings is 1. The minimum atomic E-state index is -0.894. The summed E-state index contributed by atoms with van der Waals surface area (Å²) in [6.07, 6.45) is 11.5. The van der Waals surface area contributed by atoms with Gasteiger partial charge < -0.3 is 36.6 Å². The Morgan fingerprint density at radius 2 is 1.67 bits per heavy atom. The van der Waals surface area contributed by atoms with Crippen LogP contribution in [-0.2, 0) is 22.7 Å². The summed E-state index contributed by atoms with van der Waals surface area (Å²) in [7, 11) is 0. The fraction of sp³-hybridized carbons (Fsp3) is 0.667. The van der Waals surface area contributed by atoms with E-state index in [2.05, 4.69) is 42.0 Å². The largest absolute Gasteiger partial charge is 0.480 e. The number of aliphatic carboxylic acids is 1. The van der Waals surface area contributed by atoms with E-state index in [1.54, 1.807) is 4.80 Å². The second-order valence-corrected chi connectivity index (χ2v) is 12.8. The zero-order valence-corrected chi connectivity index (χ0v) is 28.0. The predicted octanol–water partition coefficient (Wildman–Crippen LogP) is 2.38. The molecule has 1 saturated carbocycles. The summed E-state index contributed by atoms with van der Waals surface area (Å²) in [4.78, 5) is 36.3. The number of carboxylic acids is 1. The number of piperidine rings is 1. The van der Waals surface area contributed by atoms with Gasteiger partial charge in [0.1, 0.15) is 5.82 Å². The maximum absolute atomic E-state index is 12.6. The van der Waals surface area contributed by atoms with Crippen LogP contribution in [0.3, 0.4) is 0 Å². The SMILES string of the molecule is O=C(O)CNCCCC(=O)N1CCC(Nc2nc(NCc3nnn(CCCNCCCNC4CCCCC4)n3)nc3ccccc23)CC1. The highest BCUT2D eigenvalue weighted by Crippen LogP contribution is 2.25. The quantitative estimate of drug-likeness (QED) is 0.0968. The van der Waals surface area contributed by atoms with Gasteiger partial charge in [0.25, 0.3) is 0 Å². The number of carbonyl (C=O) groups excluding carboxylic acids is 1. The Bertz CT molecular complexity index is 1420. The van der Waals surface area contributed by atoms with Gasteiger partial charge in [-0.1, -0.05) is 31.4 Å². The first-order valence-electron chi connectivity index (χ1n) is 17.7. The predicted molar refractivity (Wildman–Crippen MR) is 185 cm³/mol. The van der Waals surface area contributed by atoms with Gasteiger partial charge in [-0.25, -0.2) is 4.98 Å². The third kappa shape index (κ3) is 11.6. The molecule has 0 unspecified atom stereocenters. The second kappa shape index (κ2) is 19.1. The number of hydrogen-bond donors (Lipinski definition) is 6. The van der Waals surface area contributed by atoms with Gasteiger partial charge in [0.2, 0.25) is 11.9 Å². The molecule has 0 atom stereocenters. The second-order valence-electron chi connectivity index (χ2n) is 12.8. The molecule has 6 N–H and O–H groups in total. The van der Waals surface area contributed by atoms with Crippen LogP contribution in [0, 0.1) is 0 Å². The van der Waals surface area contributed by atoms with Gasteiger partial charge in [-0.05, 0) is 88.5 Å². The van der Waals surface area contributed by atoms with E-state index in [0.717, 1.165) is 68.1 Å². The van der Waals surface area contributed by atoms with Crippen LogP contribution in [0.2, 0.25) is 0 Å². The molecule has 2 aromatic heterocycles. The van der Waals surface area contributed by atoms with E-state index >= 15 is 0 Å². The molecule has 0 bridgehead atoms. The van der Waals surface area contributed by atoms with Crippen LogP contribution in [0.15, 0.2) is 24.3 Å². The molecule has 1 aliphatic carbocycles. The average Bonchev–Trinajstić information content (AvgIpc) is 3.56. The number of rotatable bonds is 20. The third-order valence-electron chi connectivity index (χ3n) is 8.99. The fourth-order valence-corrected chi connectivity index (χ4v) is 6.35. The summed E-state index contributed by atoms with van der Waals surface area (Å²) in [6.45, 7) is 5.84. The van der Waals surface area contributed by atoms with Crippen molar-refractivity contribution in [2.24, 2.45) is 0 Å². The summed E-state index contributed by atoms with van der Waals surface area (Å²) >= 11 is 0. The number of carbonyl (C=O) groups is 2. The van der Waals surface area contributed by atoms with E-state index in [9.17, 15) is 9.59 Å². The number of aromatic nitrogens is 6. The Morgan fingerprint density at radius 1 is 0.875 bits per heavy atom. The Hall–Kier alpha value is -3.95. The molecule has 262 valence electrons. The fourth-order valence-electron chi connectivity index (χ4n) is 6.35. The number of nitrogens with one attached hydrogen (secondary N) is 5. The van der Waals surface area contributed by atoms with Crippen LogP contribution < -0.4 is 26.6 Å². The van der Waals surface area contributed by atoms with Gasteiger partial charge >= 0.3 is 5.97 Å². The molecular formula is C33H52N12O3. The summed E-state index contributed by atoms with van der Waals surface area (Å²) in [6, 6.07) is 8.81. The van der Waals surface area contributed by atoms with Gasteiger partial charge in [-0.15, -0.1) is 10.2 Å². The monoisotopic (exact) mass is 664 g/mol. The maximum Gasteiger partial charge on any atom is 0.317 e. The van der Waals surface area contributed by atoms with Gasteiger partial charge in [0, 0.05) is 37.0 Å². The van der Waals surface area contributed by atoms with Crippen molar-refractivity contribution in [3.8, 4) is 0 Å². The number of aryl methyl sites for hydroxylation is 1. The van der Waals surface area contributed by atoms with Crippen molar-refractivity contribution in [3.63, 3.8) is 0 Å². The van der Waals surface area contributed by atoms with Crippen molar-refractivity contribution >= 4 is 34.5 Å². The molecule has 3 aromatic rings. The van der Waals surface area contributed by atoms with Gasteiger partial charge in [0.05, 0.1) is 25.2 Å². The van der Waals surface area contributed by atoms with Crippen molar-refractivity contribution in [3.05, 3.63) is 30.1 Å². The van der Waals surface area contributed by atoms with Gasteiger partial charge in [0.15, 0.2) is 5.82 Å². The number of anilines is 2. The number of amides is 1. The van der Waals surface area contributed by atoms with Crippen molar-refractivity contribution in [2.45, 2.75) is 95.8 Å². The molecule has 48 heavy (non-hydrogen) atoms. The summed E-state index contributed by atoms with van der Waals surface area (Å²) in [5.74, 6) is 1.04. The van der Waals surface area contributed by atoms with Crippen LogP contribution in [0.5, 0.6) is 0 Å². The standard InChI is InChI=1S/C33H52N12O3/c46-30(13-6-16-35-24-31(47)48)44-21-14-26(15-22-44)38-32-27-11-4-5-12-28(27)39-33(40-32)37-23-29-41-43-45(42-29)20-8-18-34-17-7-19-36-25-9-2-1-3-10-25/h4-5,11-12,25-26,34-36H,1-3,6-10,13-24H2,(H,47,48)(H2,37,38,39,40). The number of fused-ring (bicyclic) bond motifs is 1. The topological polar surface area (TPSA) is 187 Å². The highest BCUT2D eigenvalue weighted by molar-refractivity contribution is 5.90. The van der Waals surface area contributed by atoms with Crippen molar-refractivity contribution in [1.82, 2.24) is 51.0 Å². The highest BCUT2D eigenvalue weighted by atomic mass is 16.4. The molecule has 1 amide bonds. The minimum absolute atomic E-state index is 0.0877. The Kier molecular flexibility index (Phi) is 14.1. The summed E-state index contributed by atoms with van der Waals surface area (Å²) in [5, 5.41) is 39.5. The number of carboxylic acid groups (broad SMARTS) is 1. The van der Waals surface area contributed by atoms with E-state index in [1.165, 1.54) is 32.1 Å². The van der Waals surface area contributed by atoms with Crippen LogP contribution in [0.1, 0.15) is 76.5 Å². The molecule has 15 heteroatoms. The molecule has 2 aliphatic rings. The lowest BCUT2D eigenvalue weighted by Gasteiger charge is -2.33. The zero-order chi connectivity index (χ0) is 33.4. The molecule has 0 radical (unpaired) electrons. The van der Waals surface area contributed by atoms with E-state index in [1.807, 2.05) is 29.2 Å². The Labute approximate surface area is 282 Å². The first-order chi connectivity index (χ1) is 23.5. The zero-order valence-electron chi connectivity index (χ0n) is 28.0. The lowest BCUT2D eigenvalue weighted by atomic mass is 9.95. The van der Waals surface area contributed by atoms with E-state index in [-0.39, 0.29) is 18.5 Å². The van der Waals surface area contributed by atoms with Crippen molar-refractivity contribution in [1.29, 1.82) is 0 Å². The molecule has 2 fully saturated rings. The minimum Gasteiger partial charge on any atom is -0.480 e. The molecule has 0 spiro atoms. The van der Waals surface area contributed by atoms with Crippen molar-refractivity contribution < 1.29 is 14.7 Å². The van der Waals surface area contributed by atoms with Crippen LogP contribution >= 0.6 is 0 Å². The van der Waals surface area contributed by atoms with Crippen LogP contribution in [0.25, 0.3) is 10.9 Å². The average molecular weight is 665 g/mol. The molecular weight excluding hydrogens is 612 g/mol. The lowest BCUT2D eigenvalue weighted by Crippen LogP contribution is -2.42. The molecule has 3 heterocycles. The van der Waals surface area contributed by atoms with Crippen LogP contribution in [-0.4, -0.2) is 110 Å². The number of hydrogen-bond acceptors (Lipinski definition) is 12. The number of tetrazole rings is 1. The normalized spacial score (nSPS) is 16.0. The summed E-state index contributed by atoms with van der Waals surface area (Å²) in [5.41, 5.74) is 0.829. The van der Waals surface area contributed by atoms with Gasteiger partial charge in [-0.2, -0.15) is 9.78 Å². The number of para-hydroxylation sites is 1. The third-order valence-corrected chi connectivity index (χ3v) is 8.99. The lowest BCUT2D eigenvalue weighted by molar-refractivity contribution is -0.136. The van der Waals surface area contributed by atoms with E-state index in [0.29, 0.717) is 57.3 Å².